The summed E-state index contributed by atoms with van der Waals surface area (Å²) in [6.07, 6.45) is 0. The molecular formula is C27H21ClN2O6. The van der Waals surface area contributed by atoms with Gasteiger partial charge in [0.15, 0.2) is 11.5 Å². The van der Waals surface area contributed by atoms with Gasteiger partial charge >= 0.3 is 0 Å². The average Bonchev–Trinajstić information content (AvgIpc) is 3.17. The molecule has 1 unspecified atom stereocenters. The number of nitriles is 1. The lowest BCUT2D eigenvalue weighted by molar-refractivity contribution is -0.132. The molecule has 1 amide bonds. The SMILES string of the molecule is COc1ccc(Cl)c(/C(O)=C2\C(=O)C(=O)N(c3ccc(C#N)cc3)C2c2cccc(OC)c2OC)c1. The number of rotatable bonds is 6. The smallest absolute Gasteiger partial charge is 0.300 e. The zero-order valence-corrected chi connectivity index (χ0v) is 20.4. The van der Waals surface area contributed by atoms with Crippen LogP contribution < -0.4 is 19.1 Å². The second-order valence-electron chi connectivity index (χ2n) is 7.76. The van der Waals surface area contributed by atoms with Crippen molar-refractivity contribution in [2.75, 3.05) is 26.2 Å². The number of hydrogen-bond acceptors (Lipinski definition) is 7. The Balaban J connectivity index is 2.03. The summed E-state index contributed by atoms with van der Waals surface area (Å²) in [4.78, 5) is 28.1. The van der Waals surface area contributed by atoms with Crippen molar-refractivity contribution in [2.45, 2.75) is 6.04 Å². The van der Waals surface area contributed by atoms with Crippen LogP contribution in [0.2, 0.25) is 5.02 Å². The summed E-state index contributed by atoms with van der Waals surface area (Å²) in [5.74, 6) is -1.19. The van der Waals surface area contributed by atoms with E-state index in [2.05, 4.69) is 0 Å². The standard InChI is InChI=1S/C27H21ClN2O6/c1-34-17-11-12-20(28)19(13-17)24(31)22-23(18-5-4-6-21(35-2)26(18)36-3)30(27(33)25(22)32)16-9-7-15(14-29)8-10-16/h4-13,23,31H,1-3H3/b24-22+. The summed E-state index contributed by atoms with van der Waals surface area (Å²) < 4.78 is 16.3. The molecule has 1 fully saturated rings. The number of carbonyl (C=O) groups is 2. The summed E-state index contributed by atoms with van der Waals surface area (Å²) in [5, 5.41) is 20.7. The molecule has 1 aliphatic rings. The molecular weight excluding hydrogens is 484 g/mol. The van der Waals surface area contributed by atoms with E-state index in [4.69, 9.17) is 25.8 Å². The average molecular weight is 505 g/mol. The lowest BCUT2D eigenvalue weighted by Crippen LogP contribution is -2.29. The van der Waals surface area contributed by atoms with Crippen molar-refractivity contribution in [1.29, 1.82) is 5.26 Å². The Morgan fingerprint density at radius 2 is 1.72 bits per heavy atom. The third-order valence-corrected chi connectivity index (χ3v) is 6.21. The molecule has 182 valence electrons. The lowest BCUT2D eigenvalue weighted by Gasteiger charge is -2.27. The summed E-state index contributed by atoms with van der Waals surface area (Å²) >= 11 is 6.36. The number of benzene rings is 3. The number of anilines is 1. The Bertz CT molecular complexity index is 1430. The summed E-state index contributed by atoms with van der Waals surface area (Å²) in [7, 11) is 4.36. The maximum Gasteiger partial charge on any atom is 0.300 e. The summed E-state index contributed by atoms with van der Waals surface area (Å²) in [5.41, 5.74) is 1.07. The molecule has 1 atom stereocenters. The van der Waals surface area contributed by atoms with Gasteiger partial charge in [-0.2, -0.15) is 5.26 Å². The first-order valence-corrected chi connectivity index (χ1v) is 11.1. The molecule has 0 aromatic heterocycles. The number of nitrogens with zero attached hydrogens (tertiary/aromatic N) is 2. The summed E-state index contributed by atoms with van der Waals surface area (Å²) in [6.45, 7) is 0. The van der Waals surface area contributed by atoms with Crippen molar-refractivity contribution in [3.8, 4) is 23.3 Å². The van der Waals surface area contributed by atoms with Gasteiger partial charge in [0.2, 0.25) is 0 Å². The molecule has 1 N–H and O–H groups in total. The van der Waals surface area contributed by atoms with Crippen LogP contribution in [0.15, 0.2) is 66.2 Å². The molecule has 0 saturated carbocycles. The minimum absolute atomic E-state index is 0.126. The Kier molecular flexibility index (Phi) is 6.86. The van der Waals surface area contributed by atoms with E-state index in [1.807, 2.05) is 6.07 Å². The number of carbonyl (C=O) groups excluding carboxylic acids is 2. The third kappa shape index (κ3) is 4.10. The van der Waals surface area contributed by atoms with Gasteiger partial charge in [-0.05, 0) is 48.5 Å². The van der Waals surface area contributed by atoms with Crippen molar-refractivity contribution in [1.82, 2.24) is 0 Å². The number of methoxy groups -OCH3 is 3. The minimum Gasteiger partial charge on any atom is -0.507 e. The molecule has 0 bridgehead atoms. The van der Waals surface area contributed by atoms with Crippen molar-refractivity contribution >= 4 is 34.7 Å². The highest BCUT2D eigenvalue weighted by atomic mass is 35.5. The van der Waals surface area contributed by atoms with Gasteiger partial charge in [0.1, 0.15) is 11.5 Å². The minimum atomic E-state index is -1.09. The fourth-order valence-electron chi connectivity index (χ4n) is 4.17. The molecule has 3 aromatic carbocycles. The number of halogens is 1. The van der Waals surface area contributed by atoms with E-state index < -0.39 is 23.5 Å². The van der Waals surface area contributed by atoms with E-state index in [0.717, 1.165) is 0 Å². The Hall–Kier alpha value is -4.48. The fraction of sp³-hybridized carbons (Fsp3) is 0.148. The maximum atomic E-state index is 13.4. The number of amides is 1. The monoisotopic (exact) mass is 504 g/mol. The first kappa shape index (κ1) is 24.6. The molecule has 4 rings (SSSR count). The molecule has 36 heavy (non-hydrogen) atoms. The van der Waals surface area contributed by atoms with Crippen LogP contribution in [0, 0.1) is 11.3 Å². The quantitative estimate of drug-likeness (QED) is 0.290. The number of para-hydroxylation sites is 1. The maximum absolute atomic E-state index is 13.4. The van der Waals surface area contributed by atoms with E-state index >= 15 is 0 Å². The number of ether oxygens (including phenoxy) is 3. The summed E-state index contributed by atoms with van der Waals surface area (Å²) in [6, 6.07) is 16.8. The van der Waals surface area contributed by atoms with Crippen LogP contribution in [0.1, 0.15) is 22.7 Å². The highest BCUT2D eigenvalue weighted by Crippen LogP contribution is 2.47. The first-order chi connectivity index (χ1) is 17.4. The molecule has 9 heteroatoms. The van der Waals surface area contributed by atoms with Crippen molar-refractivity contribution in [3.63, 3.8) is 0 Å². The predicted molar refractivity (Wildman–Crippen MR) is 133 cm³/mol. The van der Waals surface area contributed by atoms with E-state index in [9.17, 15) is 20.0 Å². The molecule has 1 aliphatic heterocycles. The van der Waals surface area contributed by atoms with Crippen LogP contribution in [0.3, 0.4) is 0 Å². The zero-order chi connectivity index (χ0) is 26.0. The highest BCUT2D eigenvalue weighted by Gasteiger charge is 2.48. The molecule has 1 saturated heterocycles. The molecule has 0 radical (unpaired) electrons. The van der Waals surface area contributed by atoms with E-state index in [1.54, 1.807) is 36.4 Å². The van der Waals surface area contributed by atoms with Gasteiger partial charge in [0.25, 0.3) is 11.7 Å². The molecule has 0 spiro atoms. The fourth-order valence-corrected chi connectivity index (χ4v) is 4.38. The second kappa shape index (κ2) is 10.0. The van der Waals surface area contributed by atoms with Gasteiger partial charge < -0.3 is 19.3 Å². The van der Waals surface area contributed by atoms with Crippen LogP contribution in [-0.4, -0.2) is 38.1 Å². The van der Waals surface area contributed by atoms with Crippen LogP contribution in [0.4, 0.5) is 5.69 Å². The largest absolute Gasteiger partial charge is 0.507 e. The Labute approximate surface area is 212 Å². The highest BCUT2D eigenvalue weighted by molar-refractivity contribution is 6.52. The third-order valence-electron chi connectivity index (χ3n) is 5.88. The van der Waals surface area contributed by atoms with Crippen molar-refractivity contribution in [2.24, 2.45) is 0 Å². The van der Waals surface area contributed by atoms with Crippen molar-refractivity contribution < 1.29 is 28.9 Å². The molecule has 8 nitrogen and oxygen atoms in total. The number of ketones is 1. The second-order valence-corrected chi connectivity index (χ2v) is 8.16. The van der Waals surface area contributed by atoms with Gasteiger partial charge in [-0.3, -0.25) is 14.5 Å². The van der Waals surface area contributed by atoms with Crippen molar-refractivity contribution in [3.05, 3.63) is 87.9 Å². The van der Waals surface area contributed by atoms with Crippen LogP contribution >= 0.6 is 11.6 Å². The topological polar surface area (TPSA) is 109 Å². The first-order valence-electron chi connectivity index (χ1n) is 10.7. The predicted octanol–water partition coefficient (Wildman–Crippen LogP) is 4.86. The van der Waals surface area contributed by atoms with Gasteiger partial charge in [-0.15, -0.1) is 0 Å². The van der Waals surface area contributed by atoms with Crippen LogP contribution in [-0.2, 0) is 9.59 Å². The van der Waals surface area contributed by atoms with E-state index in [0.29, 0.717) is 28.3 Å². The van der Waals surface area contributed by atoms with Gasteiger partial charge in [0.05, 0.1) is 49.6 Å². The van der Waals surface area contributed by atoms with E-state index in [1.165, 1.54) is 50.5 Å². The zero-order valence-electron chi connectivity index (χ0n) is 19.6. The normalized spacial score (nSPS) is 16.5. The number of aliphatic hydroxyl groups is 1. The Morgan fingerprint density at radius 1 is 1.00 bits per heavy atom. The molecule has 3 aromatic rings. The number of hydrogen-bond donors (Lipinski definition) is 1. The van der Waals surface area contributed by atoms with E-state index in [-0.39, 0.29) is 21.9 Å². The van der Waals surface area contributed by atoms with Gasteiger partial charge in [0, 0.05) is 16.8 Å². The lowest BCUT2D eigenvalue weighted by atomic mass is 9.94. The van der Waals surface area contributed by atoms with Gasteiger partial charge in [-0.25, -0.2) is 0 Å². The number of Topliss-reactive ketones (excluding diaryl/α,β-unsaturated/α-hetero) is 1. The van der Waals surface area contributed by atoms with Gasteiger partial charge in [-0.1, -0.05) is 23.7 Å². The van der Waals surface area contributed by atoms with Crippen LogP contribution in [0.25, 0.3) is 5.76 Å². The number of aliphatic hydroxyl groups excluding tert-OH is 1. The molecule has 1 heterocycles. The molecule has 0 aliphatic carbocycles. The Morgan fingerprint density at radius 3 is 2.33 bits per heavy atom. The van der Waals surface area contributed by atoms with Crippen LogP contribution in [0.5, 0.6) is 17.2 Å².